The molecule has 0 spiro atoms. The third kappa shape index (κ3) is 3.01. The highest BCUT2D eigenvalue weighted by atomic mass is 79.9. The van der Waals surface area contributed by atoms with Crippen LogP contribution in [0.15, 0.2) is 34.9 Å². The summed E-state index contributed by atoms with van der Waals surface area (Å²) in [5.41, 5.74) is 8.83. The molecule has 0 fully saturated rings. The van der Waals surface area contributed by atoms with Crippen molar-refractivity contribution in [2.45, 2.75) is 26.2 Å². The molecule has 0 saturated carbocycles. The normalized spacial score (nSPS) is 11.6. The van der Waals surface area contributed by atoms with Crippen LogP contribution in [-0.4, -0.2) is 16.5 Å². The summed E-state index contributed by atoms with van der Waals surface area (Å²) in [5, 5.41) is 0. The van der Waals surface area contributed by atoms with Crippen LogP contribution in [-0.2, 0) is 5.41 Å². The lowest BCUT2D eigenvalue weighted by Crippen LogP contribution is -2.30. The monoisotopic (exact) mass is 319 g/mol. The van der Waals surface area contributed by atoms with E-state index >= 15 is 0 Å². The molecule has 4 heteroatoms. The minimum atomic E-state index is -0.212. The van der Waals surface area contributed by atoms with Crippen LogP contribution in [0.2, 0.25) is 0 Å². The van der Waals surface area contributed by atoms with Gasteiger partial charge < -0.3 is 5.73 Å². The predicted molar refractivity (Wildman–Crippen MR) is 82.0 cm³/mol. The van der Waals surface area contributed by atoms with Crippen molar-refractivity contribution in [3.63, 3.8) is 0 Å². The Balaban J connectivity index is 2.52. The molecule has 2 rings (SSSR count). The van der Waals surface area contributed by atoms with Gasteiger partial charge in [0.1, 0.15) is 5.82 Å². The van der Waals surface area contributed by atoms with Crippen molar-refractivity contribution in [2.24, 2.45) is 5.73 Å². The van der Waals surface area contributed by atoms with Gasteiger partial charge >= 0.3 is 0 Å². The minimum Gasteiger partial charge on any atom is -0.329 e. The molecule has 0 aliphatic heterocycles. The Hall–Kier alpha value is -1.26. The number of hydrogen-bond acceptors (Lipinski definition) is 3. The topological polar surface area (TPSA) is 51.8 Å². The molecule has 2 N–H and O–H groups in total. The highest BCUT2D eigenvalue weighted by Gasteiger charge is 2.22. The Morgan fingerprint density at radius 1 is 1.26 bits per heavy atom. The van der Waals surface area contributed by atoms with Gasteiger partial charge in [0.25, 0.3) is 0 Å². The molecule has 0 aliphatic rings. The lowest BCUT2D eigenvalue weighted by atomic mass is 9.92. The molecule has 0 amide bonds. The molecule has 3 nitrogen and oxygen atoms in total. The highest BCUT2D eigenvalue weighted by Crippen LogP contribution is 2.27. The largest absolute Gasteiger partial charge is 0.329 e. The second kappa shape index (κ2) is 5.39. The Labute approximate surface area is 122 Å². The zero-order chi connectivity index (χ0) is 14.0. The van der Waals surface area contributed by atoms with Gasteiger partial charge in [0, 0.05) is 28.2 Å². The molecular weight excluding hydrogens is 302 g/mol. The SMILES string of the molecule is Cc1ccc(Br)cc1-c1ccnc(C(C)(C)CN)n1. The number of nitrogens with zero attached hydrogens (tertiary/aromatic N) is 2. The average molecular weight is 320 g/mol. The van der Waals surface area contributed by atoms with Gasteiger partial charge in [-0.1, -0.05) is 35.8 Å². The van der Waals surface area contributed by atoms with E-state index in [-0.39, 0.29) is 5.41 Å². The predicted octanol–water partition coefficient (Wildman–Crippen LogP) is 3.45. The molecule has 100 valence electrons. The van der Waals surface area contributed by atoms with Gasteiger partial charge in [-0.2, -0.15) is 0 Å². The van der Waals surface area contributed by atoms with E-state index in [1.54, 1.807) is 6.20 Å². The maximum Gasteiger partial charge on any atom is 0.135 e. The fourth-order valence-electron chi connectivity index (χ4n) is 1.80. The van der Waals surface area contributed by atoms with Crippen molar-refractivity contribution in [2.75, 3.05) is 6.54 Å². The first-order valence-electron chi connectivity index (χ1n) is 6.24. The Kier molecular flexibility index (Phi) is 4.02. The number of nitrogens with two attached hydrogens (primary N) is 1. The van der Waals surface area contributed by atoms with Gasteiger partial charge in [-0.15, -0.1) is 0 Å². The van der Waals surface area contributed by atoms with Gasteiger partial charge in [0.05, 0.1) is 5.69 Å². The van der Waals surface area contributed by atoms with Crippen LogP contribution >= 0.6 is 15.9 Å². The molecule has 0 atom stereocenters. The number of hydrogen-bond donors (Lipinski definition) is 1. The van der Waals surface area contributed by atoms with E-state index in [0.717, 1.165) is 21.6 Å². The molecule has 0 bridgehead atoms. The summed E-state index contributed by atoms with van der Waals surface area (Å²) in [7, 11) is 0. The maximum atomic E-state index is 5.79. The zero-order valence-corrected chi connectivity index (χ0v) is 13.0. The third-order valence-electron chi connectivity index (χ3n) is 3.25. The van der Waals surface area contributed by atoms with E-state index in [0.29, 0.717) is 6.54 Å². The standard InChI is InChI=1S/C15H18BrN3/c1-10-4-5-11(16)8-12(10)13-6-7-18-14(19-13)15(2,3)9-17/h4-8H,9,17H2,1-3H3. The van der Waals surface area contributed by atoms with Gasteiger partial charge in [0.15, 0.2) is 0 Å². The molecule has 2 aromatic rings. The summed E-state index contributed by atoms with van der Waals surface area (Å²) in [4.78, 5) is 9.03. The van der Waals surface area contributed by atoms with E-state index in [9.17, 15) is 0 Å². The van der Waals surface area contributed by atoms with Crippen LogP contribution in [0.5, 0.6) is 0 Å². The maximum absolute atomic E-state index is 5.79. The summed E-state index contributed by atoms with van der Waals surface area (Å²) in [6, 6.07) is 8.13. The molecule has 0 unspecified atom stereocenters. The summed E-state index contributed by atoms with van der Waals surface area (Å²) in [6.45, 7) is 6.71. The van der Waals surface area contributed by atoms with Crippen LogP contribution < -0.4 is 5.73 Å². The van der Waals surface area contributed by atoms with Crippen LogP contribution in [0.3, 0.4) is 0 Å². The first-order valence-corrected chi connectivity index (χ1v) is 7.03. The summed E-state index contributed by atoms with van der Waals surface area (Å²) in [6.07, 6.45) is 1.80. The Morgan fingerprint density at radius 3 is 2.68 bits per heavy atom. The first kappa shape index (κ1) is 14.2. The lowest BCUT2D eigenvalue weighted by molar-refractivity contribution is 0.503. The second-order valence-corrected chi connectivity index (χ2v) is 6.23. The van der Waals surface area contributed by atoms with Crippen molar-refractivity contribution < 1.29 is 0 Å². The summed E-state index contributed by atoms with van der Waals surface area (Å²) < 4.78 is 1.05. The van der Waals surface area contributed by atoms with Crippen LogP contribution in [0.25, 0.3) is 11.3 Å². The number of aryl methyl sites for hydroxylation is 1. The first-order chi connectivity index (χ1) is 8.94. The van der Waals surface area contributed by atoms with Crippen molar-refractivity contribution in [3.05, 3.63) is 46.3 Å². The molecule has 0 radical (unpaired) electrons. The molecule has 19 heavy (non-hydrogen) atoms. The number of halogens is 1. The van der Waals surface area contributed by atoms with Crippen LogP contribution in [0.1, 0.15) is 25.2 Å². The summed E-state index contributed by atoms with van der Waals surface area (Å²) >= 11 is 3.50. The average Bonchev–Trinajstić information content (AvgIpc) is 2.41. The lowest BCUT2D eigenvalue weighted by Gasteiger charge is -2.21. The second-order valence-electron chi connectivity index (χ2n) is 5.31. The Bertz CT molecular complexity index is 594. The van der Waals surface area contributed by atoms with Crippen molar-refractivity contribution >= 4 is 15.9 Å². The van der Waals surface area contributed by atoms with Gasteiger partial charge in [-0.3, -0.25) is 0 Å². The van der Waals surface area contributed by atoms with Crippen molar-refractivity contribution in [1.29, 1.82) is 0 Å². The fourth-order valence-corrected chi connectivity index (χ4v) is 2.16. The Morgan fingerprint density at radius 2 is 2.00 bits per heavy atom. The molecular formula is C15H18BrN3. The number of rotatable bonds is 3. The van der Waals surface area contributed by atoms with Gasteiger partial charge in [-0.05, 0) is 30.7 Å². The zero-order valence-electron chi connectivity index (χ0n) is 11.4. The summed E-state index contributed by atoms with van der Waals surface area (Å²) in [5.74, 6) is 0.784. The van der Waals surface area contributed by atoms with Gasteiger partial charge in [-0.25, -0.2) is 9.97 Å². The third-order valence-corrected chi connectivity index (χ3v) is 3.74. The van der Waals surface area contributed by atoms with E-state index in [1.807, 2.05) is 12.1 Å². The molecule has 1 aromatic carbocycles. The molecule has 1 aromatic heterocycles. The smallest absolute Gasteiger partial charge is 0.135 e. The number of aromatic nitrogens is 2. The quantitative estimate of drug-likeness (QED) is 0.942. The van der Waals surface area contributed by atoms with Crippen molar-refractivity contribution in [1.82, 2.24) is 9.97 Å². The van der Waals surface area contributed by atoms with E-state index in [1.165, 1.54) is 5.56 Å². The van der Waals surface area contributed by atoms with Crippen molar-refractivity contribution in [3.8, 4) is 11.3 Å². The number of benzene rings is 1. The fraction of sp³-hybridized carbons (Fsp3) is 0.333. The van der Waals surface area contributed by atoms with Crippen LogP contribution in [0, 0.1) is 6.92 Å². The molecule has 1 heterocycles. The molecule has 0 saturated heterocycles. The van der Waals surface area contributed by atoms with E-state index < -0.39 is 0 Å². The highest BCUT2D eigenvalue weighted by molar-refractivity contribution is 9.10. The van der Waals surface area contributed by atoms with Crippen LogP contribution in [0.4, 0.5) is 0 Å². The minimum absolute atomic E-state index is 0.212. The molecule has 0 aliphatic carbocycles. The van der Waals surface area contributed by atoms with Gasteiger partial charge in [0.2, 0.25) is 0 Å². The van der Waals surface area contributed by atoms with E-state index in [4.69, 9.17) is 5.73 Å². The van der Waals surface area contributed by atoms with E-state index in [2.05, 4.69) is 58.8 Å².